The van der Waals surface area contributed by atoms with Crippen LogP contribution in [0.1, 0.15) is 25.0 Å². The summed E-state index contributed by atoms with van der Waals surface area (Å²) < 4.78 is 27.8. The first-order valence-electron chi connectivity index (χ1n) is 8.73. The van der Waals surface area contributed by atoms with Gasteiger partial charge in [0.15, 0.2) is 0 Å². The number of sulfonamides is 1. The molecule has 0 aromatic heterocycles. The van der Waals surface area contributed by atoms with Crippen LogP contribution in [0.4, 0.5) is 0 Å². The average Bonchev–Trinajstić information content (AvgIpc) is 2.51. The van der Waals surface area contributed by atoms with Gasteiger partial charge in [-0.1, -0.05) is 38.1 Å². The van der Waals surface area contributed by atoms with E-state index in [-0.39, 0.29) is 11.8 Å². The fourth-order valence-corrected chi connectivity index (χ4v) is 4.44. The first kappa shape index (κ1) is 19.4. The minimum absolute atomic E-state index is 0.0488. The van der Waals surface area contributed by atoms with Crippen molar-refractivity contribution in [1.82, 2.24) is 14.5 Å². The lowest BCUT2D eigenvalue weighted by atomic mass is 10.0. The topological polar surface area (TPSA) is 52.7 Å². The molecule has 1 aromatic carbocycles. The Hall–Kier alpha value is -0.950. The van der Waals surface area contributed by atoms with E-state index in [4.69, 9.17) is 0 Å². The van der Waals surface area contributed by atoms with Gasteiger partial charge in [-0.3, -0.25) is 4.90 Å². The minimum atomic E-state index is -3.32. The quantitative estimate of drug-likeness (QED) is 0.810. The van der Waals surface area contributed by atoms with E-state index in [1.54, 1.807) is 0 Å². The lowest BCUT2D eigenvalue weighted by Crippen LogP contribution is -2.54. The smallest absolute Gasteiger partial charge is 0.215 e. The molecular formula is C18H31N3O2S. The summed E-state index contributed by atoms with van der Waals surface area (Å²) >= 11 is 0. The summed E-state index contributed by atoms with van der Waals surface area (Å²) in [5.41, 5.74) is 1.88. The highest BCUT2D eigenvalue weighted by Crippen LogP contribution is 2.15. The highest BCUT2D eigenvalue weighted by Gasteiger charge is 2.26. The van der Waals surface area contributed by atoms with Crippen LogP contribution < -0.4 is 4.72 Å². The van der Waals surface area contributed by atoms with Crippen molar-refractivity contribution >= 4 is 10.0 Å². The van der Waals surface area contributed by atoms with Crippen LogP contribution in [0.5, 0.6) is 0 Å². The predicted molar refractivity (Wildman–Crippen MR) is 99.5 cm³/mol. The largest absolute Gasteiger partial charge is 0.304 e. The van der Waals surface area contributed by atoms with Crippen LogP contribution in [-0.2, 0) is 15.8 Å². The lowest BCUT2D eigenvalue weighted by Gasteiger charge is -2.39. The number of rotatable bonds is 7. The standard InChI is InChI=1S/C18H31N3O2S/c1-15(2)18(21-11-9-20(4)10-12-21)13-19-24(22,23)14-17-8-6-5-7-16(17)3/h5-8,15,18-19H,9-14H2,1-4H3. The molecule has 136 valence electrons. The third kappa shape index (κ3) is 5.55. The number of benzene rings is 1. The van der Waals surface area contributed by atoms with Crippen molar-refractivity contribution in [3.63, 3.8) is 0 Å². The Kier molecular flexibility index (Phi) is 6.80. The van der Waals surface area contributed by atoms with Gasteiger partial charge < -0.3 is 4.90 Å². The van der Waals surface area contributed by atoms with Gasteiger partial charge in [-0.25, -0.2) is 13.1 Å². The molecule has 0 saturated carbocycles. The number of hydrogen-bond acceptors (Lipinski definition) is 4. The molecule has 1 aliphatic heterocycles. The fourth-order valence-electron chi connectivity index (χ4n) is 3.18. The van der Waals surface area contributed by atoms with Crippen LogP contribution in [0.15, 0.2) is 24.3 Å². The maximum Gasteiger partial charge on any atom is 0.215 e. The van der Waals surface area contributed by atoms with Gasteiger partial charge in [0.2, 0.25) is 10.0 Å². The molecule has 1 unspecified atom stereocenters. The van der Waals surface area contributed by atoms with E-state index in [1.165, 1.54) is 0 Å². The van der Waals surface area contributed by atoms with Gasteiger partial charge in [-0.2, -0.15) is 0 Å². The van der Waals surface area contributed by atoms with Gasteiger partial charge in [-0.05, 0) is 31.0 Å². The maximum atomic E-state index is 12.5. The monoisotopic (exact) mass is 353 g/mol. The minimum Gasteiger partial charge on any atom is -0.304 e. The Morgan fingerprint density at radius 2 is 1.75 bits per heavy atom. The van der Waals surface area contributed by atoms with Crippen molar-refractivity contribution in [1.29, 1.82) is 0 Å². The van der Waals surface area contributed by atoms with Crippen molar-refractivity contribution < 1.29 is 8.42 Å². The molecule has 1 N–H and O–H groups in total. The van der Waals surface area contributed by atoms with Crippen LogP contribution in [0.2, 0.25) is 0 Å². The molecule has 1 heterocycles. The van der Waals surface area contributed by atoms with E-state index in [0.29, 0.717) is 12.5 Å². The van der Waals surface area contributed by atoms with Crippen LogP contribution in [0, 0.1) is 12.8 Å². The molecule has 0 amide bonds. The fraction of sp³-hybridized carbons (Fsp3) is 0.667. The molecule has 6 heteroatoms. The van der Waals surface area contributed by atoms with E-state index < -0.39 is 10.0 Å². The van der Waals surface area contributed by atoms with Gasteiger partial charge in [0, 0.05) is 38.8 Å². The van der Waals surface area contributed by atoms with E-state index in [2.05, 4.69) is 35.4 Å². The number of nitrogens with one attached hydrogen (secondary N) is 1. The molecule has 0 aliphatic carbocycles. The summed E-state index contributed by atoms with van der Waals surface area (Å²) in [6.07, 6.45) is 0. The average molecular weight is 354 g/mol. The second-order valence-electron chi connectivity index (χ2n) is 7.18. The van der Waals surface area contributed by atoms with Gasteiger partial charge in [0.1, 0.15) is 0 Å². The Balaban J connectivity index is 1.96. The molecule has 24 heavy (non-hydrogen) atoms. The van der Waals surface area contributed by atoms with E-state index in [1.807, 2.05) is 31.2 Å². The Bertz CT molecular complexity index is 623. The number of likely N-dealkylation sites (N-methyl/N-ethyl adjacent to an activating group) is 1. The molecule has 0 radical (unpaired) electrons. The van der Waals surface area contributed by atoms with Gasteiger partial charge in [0.05, 0.1) is 5.75 Å². The van der Waals surface area contributed by atoms with Gasteiger partial charge >= 0.3 is 0 Å². The Morgan fingerprint density at radius 1 is 1.12 bits per heavy atom. The SMILES string of the molecule is Cc1ccccc1CS(=O)(=O)NCC(C(C)C)N1CCN(C)CC1. The second-order valence-corrected chi connectivity index (χ2v) is 8.99. The van der Waals surface area contributed by atoms with Gasteiger partial charge in [-0.15, -0.1) is 0 Å². The molecule has 1 saturated heterocycles. The van der Waals surface area contributed by atoms with Crippen LogP contribution in [0.25, 0.3) is 0 Å². The molecular weight excluding hydrogens is 322 g/mol. The lowest BCUT2D eigenvalue weighted by molar-refractivity contribution is 0.0905. The molecule has 0 bridgehead atoms. The molecule has 1 aliphatic rings. The number of piperazine rings is 1. The normalized spacial score (nSPS) is 18.9. The summed E-state index contributed by atoms with van der Waals surface area (Å²) in [5.74, 6) is 0.460. The third-order valence-electron chi connectivity index (χ3n) is 4.90. The molecule has 2 rings (SSSR count). The van der Waals surface area contributed by atoms with Crippen LogP contribution in [-0.4, -0.2) is 64.0 Å². The summed E-state index contributed by atoms with van der Waals surface area (Å²) in [4.78, 5) is 4.73. The first-order chi connectivity index (χ1) is 11.3. The van der Waals surface area contributed by atoms with Crippen molar-refractivity contribution in [2.75, 3.05) is 39.8 Å². The zero-order valence-corrected chi connectivity index (χ0v) is 16.1. The van der Waals surface area contributed by atoms with Crippen LogP contribution in [0.3, 0.4) is 0 Å². The molecule has 1 aromatic rings. The van der Waals surface area contributed by atoms with Crippen molar-refractivity contribution in [2.24, 2.45) is 5.92 Å². The molecule has 1 atom stereocenters. The van der Waals surface area contributed by atoms with Gasteiger partial charge in [0.25, 0.3) is 0 Å². The second kappa shape index (κ2) is 8.43. The van der Waals surface area contributed by atoms with Crippen molar-refractivity contribution in [3.8, 4) is 0 Å². The maximum absolute atomic E-state index is 12.5. The Labute approximate surface area is 147 Å². The van der Waals surface area contributed by atoms with E-state index in [9.17, 15) is 8.42 Å². The number of nitrogens with zero attached hydrogens (tertiary/aromatic N) is 2. The molecule has 1 fully saturated rings. The summed E-state index contributed by atoms with van der Waals surface area (Å²) in [6, 6.07) is 7.89. The Morgan fingerprint density at radius 3 is 2.33 bits per heavy atom. The zero-order chi connectivity index (χ0) is 17.7. The highest BCUT2D eigenvalue weighted by molar-refractivity contribution is 7.88. The molecule has 5 nitrogen and oxygen atoms in total. The predicted octanol–water partition coefficient (Wildman–Crippen LogP) is 1.69. The van der Waals surface area contributed by atoms with Crippen molar-refractivity contribution in [2.45, 2.75) is 32.6 Å². The summed E-state index contributed by atoms with van der Waals surface area (Å²) in [7, 11) is -1.19. The van der Waals surface area contributed by atoms with Crippen molar-refractivity contribution in [3.05, 3.63) is 35.4 Å². The number of aryl methyl sites for hydroxylation is 1. The third-order valence-corrected chi connectivity index (χ3v) is 6.19. The zero-order valence-electron chi connectivity index (χ0n) is 15.3. The molecule has 0 spiro atoms. The summed E-state index contributed by atoms with van der Waals surface area (Å²) in [5, 5.41) is 0. The van der Waals surface area contributed by atoms with Crippen LogP contribution >= 0.6 is 0 Å². The number of hydrogen-bond donors (Lipinski definition) is 1. The first-order valence-corrected chi connectivity index (χ1v) is 10.4. The van der Waals surface area contributed by atoms with E-state index in [0.717, 1.165) is 37.3 Å². The highest BCUT2D eigenvalue weighted by atomic mass is 32.2. The van der Waals surface area contributed by atoms with E-state index >= 15 is 0 Å². The summed E-state index contributed by atoms with van der Waals surface area (Å²) in [6.45, 7) is 10.8.